The van der Waals surface area contributed by atoms with Gasteiger partial charge in [0, 0.05) is 19.3 Å². The minimum Gasteiger partial charge on any atom is -0.386 e. The molecule has 6 nitrogen and oxygen atoms in total. The maximum absolute atomic E-state index is 12.1. The summed E-state index contributed by atoms with van der Waals surface area (Å²) in [5, 5.41) is 8.64. The van der Waals surface area contributed by atoms with E-state index in [9.17, 15) is 17.2 Å². The molecule has 0 bridgehead atoms. The zero-order valence-corrected chi connectivity index (χ0v) is 11.5. The Kier molecular flexibility index (Phi) is 5.39. The standard InChI is InChI=1S/C10H17F2N3O3S/c1-3-4-15-6-9(14-7(15)2)19(17,18)13-5-8(16)10(11)12/h6,8,10,13,16H,3-5H2,1-2H3. The van der Waals surface area contributed by atoms with Gasteiger partial charge in [-0.2, -0.15) is 0 Å². The Hall–Kier alpha value is -1.06. The second-order valence-corrected chi connectivity index (χ2v) is 5.79. The fraction of sp³-hybridized carbons (Fsp3) is 0.700. The van der Waals surface area contributed by atoms with Crippen LogP contribution in [0.4, 0.5) is 8.78 Å². The number of aliphatic hydroxyl groups is 1. The van der Waals surface area contributed by atoms with Gasteiger partial charge in [-0.1, -0.05) is 6.92 Å². The summed E-state index contributed by atoms with van der Waals surface area (Å²) in [7, 11) is -3.98. The molecule has 1 heterocycles. The molecular formula is C10H17F2N3O3S. The first kappa shape index (κ1) is 16.0. The third-order valence-electron chi connectivity index (χ3n) is 2.47. The van der Waals surface area contributed by atoms with Gasteiger partial charge >= 0.3 is 0 Å². The molecule has 1 rings (SSSR count). The van der Waals surface area contributed by atoms with Gasteiger partial charge in [-0.25, -0.2) is 26.9 Å². The highest BCUT2D eigenvalue weighted by Crippen LogP contribution is 2.10. The number of halogens is 2. The molecule has 1 aromatic heterocycles. The van der Waals surface area contributed by atoms with Gasteiger partial charge in [0.1, 0.15) is 11.9 Å². The van der Waals surface area contributed by atoms with E-state index < -0.39 is 29.1 Å². The number of aryl methyl sites for hydroxylation is 2. The Labute approximate surface area is 110 Å². The number of aliphatic hydroxyl groups excluding tert-OH is 1. The molecule has 0 fully saturated rings. The highest BCUT2D eigenvalue weighted by molar-refractivity contribution is 7.89. The van der Waals surface area contributed by atoms with Crippen molar-refractivity contribution in [3.8, 4) is 0 Å². The van der Waals surface area contributed by atoms with Crippen molar-refractivity contribution in [3.63, 3.8) is 0 Å². The van der Waals surface area contributed by atoms with Crippen LogP contribution in [-0.4, -0.2) is 42.1 Å². The smallest absolute Gasteiger partial charge is 0.265 e. The van der Waals surface area contributed by atoms with Crippen molar-refractivity contribution in [3.05, 3.63) is 12.0 Å². The van der Waals surface area contributed by atoms with Gasteiger partial charge in [0.05, 0.1) is 0 Å². The van der Waals surface area contributed by atoms with E-state index >= 15 is 0 Å². The van der Waals surface area contributed by atoms with Crippen LogP contribution in [0.2, 0.25) is 0 Å². The fourth-order valence-electron chi connectivity index (χ4n) is 1.43. The second-order valence-electron chi connectivity index (χ2n) is 4.07. The maximum atomic E-state index is 12.1. The Morgan fingerprint density at radius 1 is 1.53 bits per heavy atom. The Balaban J connectivity index is 2.80. The van der Waals surface area contributed by atoms with E-state index in [4.69, 9.17) is 5.11 Å². The molecule has 0 amide bonds. The van der Waals surface area contributed by atoms with Gasteiger partial charge in [0.15, 0.2) is 5.03 Å². The fourth-order valence-corrected chi connectivity index (χ4v) is 2.49. The number of aromatic nitrogens is 2. The first-order valence-corrected chi connectivity index (χ1v) is 7.26. The molecule has 0 saturated carbocycles. The molecule has 0 radical (unpaired) electrons. The topological polar surface area (TPSA) is 84.2 Å². The molecule has 1 atom stereocenters. The summed E-state index contributed by atoms with van der Waals surface area (Å²) >= 11 is 0. The van der Waals surface area contributed by atoms with E-state index in [-0.39, 0.29) is 5.03 Å². The minimum absolute atomic E-state index is 0.236. The SMILES string of the molecule is CCCn1cc(S(=O)(=O)NCC(O)C(F)F)nc1C. The molecule has 1 aromatic rings. The molecule has 0 aromatic carbocycles. The largest absolute Gasteiger partial charge is 0.386 e. The van der Waals surface area contributed by atoms with E-state index in [2.05, 4.69) is 4.98 Å². The molecule has 2 N–H and O–H groups in total. The maximum Gasteiger partial charge on any atom is 0.265 e. The zero-order valence-electron chi connectivity index (χ0n) is 10.7. The molecular weight excluding hydrogens is 280 g/mol. The van der Waals surface area contributed by atoms with Crippen LogP contribution in [0.15, 0.2) is 11.2 Å². The number of imidazole rings is 1. The van der Waals surface area contributed by atoms with E-state index in [1.54, 1.807) is 11.5 Å². The van der Waals surface area contributed by atoms with Crippen LogP contribution in [0.3, 0.4) is 0 Å². The molecule has 19 heavy (non-hydrogen) atoms. The van der Waals surface area contributed by atoms with Crippen LogP contribution >= 0.6 is 0 Å². The van der Waals surface area contributed by atoms with Crippen molar-refractivity contribution in [1.82, 2.24) is 14.3 Å². The molecule has 0 aliphatic heterocycles. The van der Waals surface area contributed by atoms with Crippen molar-refractivity contribution in [2.75, 3.05) is 6.54 Å². The van der Waals surface area contributed by atoms with Gasteiger partial charge in [0.2, 0.25) is 0 Å². The summed E-state index contributed by atoms with van der Waals surface area (Å²) < 4.78 is 51.3. The number of hydrogen-bond donors (Lipinski definition) is 2. The predicted molar refractivity (Wildman–Crippen MR) is 64.5 cm³/mol. The average Bonchev–Trinajstić information content (AvgIpc) is 2.69. The number of sulfonamides is 1. The van der Waals surface area contributed by atoms with Crippen molar-refractivity contribution < 1.29 is 22.3 Å². The van der Waals surface area contributed by atoms with E-state index in [1.165, 1.54) is 6.20 Å². The van der Waals surface area contributed by atoms with Gasteiger partial charge in [-0.05, 0) is 13.3 Å². The monoisotopic (exact) mass is 297 g/mol. The lowest BCUT2D eigenvalue weighted by Gasteiger charge is -2.09. The lowest BCUT2D eigenvalue weighted by atomic mass is 10.4. The van der Waals surface area contributed by atoms with Crippen LogP contribution in [0, 0.1) is 6.92 Å². The third-order valence-corrected chi connectivity index (χ3v) is 3.76. The highest BCUT2D eigenvalue weighted by Gasteiger charge is 2.23. The minimum atomic E-state index is -3.98. The van der Waals surface area contributed by atoms with Crippen LogP contribution < -0.4 is 4.72 Å². The average molecular weight is 297 g/mol. The van der Waals surface area contributed by atoms with Crippen molar-refractivity contribution in [1.29, 1.82) is 0 Å². The summed E-state index contributed by atoms with van der Waals surface area (Å²) in [6, 6.07) is 0. The molecule has 0 aliphatic carbocycles. The van der Waals surface area contributed by atoms with E-state index in [0.29, 0.717) is 12.4 Å². The molecule has 0 spiro atoms. The lowest BCUT2D eigenvalue weighted by molar-refractivity contribution is -0.000458. The second kappa shape index (κ2) is 6.40. The van der Waals surface area contributed by atoms with E-state index in [0.717, 1.165) is 6.42 Å². The first-order chi connectivity index (χ1) is 8.77. The van der Waals surface area contributed by atoms with Gasteiger partial charge in [-0.15, -0.1) is 0 Å². The van der Waals surface area contributed by atoms with Crippen LogP contribution in [0.5, 0.6) is 0 Å². The van der Waals surface area contributed by atoms with Gasteiger partial charge in [-0.3, -0.25) is 0 Å². The molecule has 110 valence electrons. The first-order valence-electron chi connectivity index (χ1n) is 5.77. The quantitative estimate of drug-likeness (QED) is 0.768. The summed E-state index contributed by atoms with van der Waals surface area (Å²) in [5.41, 5.74) is 0. The zero-order chi connectivity index (χ0) is 14.6. The number of nitrogens with zero attached hydrogens (tertiary/aromatic N) is 2. The Morgan fingerprint density at radius 3 is 2.68 bits per heavy atom. The molecule has 0 aliphatic rings. The van der Waals surface area contributed by atoms with Crippen LogP contribution in [-0.2, 0) is 16.6 Å². The van der Waals surface area contributed by atoms with Gasteiger partial charge in [0.25, 0.3) is 16.4 Å². The Morgan fingerprint density at radius 2 is 2.16 bits per heavy atom. The normalized spacial score (nSPS) is 14.0. The van der Waals surface area contributed by atoms with Crippen LogP contribution in [0.1, 0.15) is 19.2 Å². The lowest BCUT2D eigenvalue weighted by Crippen LogP contribution is -2.36. The molecule has 9 heteroatoms. The number of alkyl halides is 2. The predicted octanol–water partition coefficient (Wildman–Crippen LogP) is 0.506. The third kappa shape index (κ3) is 4.22. The summed E-state index contributed by atoms with van der Waals surface area (Å²) in [4.78, 5) is 3.87. The molecule has 1 unspecified atom stereocenters. The number of hydrogen-bond acceptors (Lipinski definition) is 4. The van der Waals surface area contributed by atoms with Gasteiger partial charge < -0.3 is 9.67 Å². The summed E-state index contributed by atoms with van der Waals surface area (Å²) in [5.74, 6) is 0.525. The Bertz CT molecular complexity index is 516. The van der Waals surface area contributed by atoms with E-state index in [1.807, 2.05) is 11.6 Å². The van der Waals surface area contributed by atoms with Crippen molar-refractivity contribution >= 4 is 10.0 Å². The highest BCUT2D eigenvalue weighted by atomic mass is 32.2. The van der Waals surface area contributed by atoms with Crippen molar-refractivity contribution in [2.24, 2.45) is 0 Å². The van der Waals surface area contributed by atoms with Crippen molar-refractivity contribution in [2.45, 2.75) is 44.4 Å². The summed E-state index contributed by atoms with van der Waals surface area (Å²) in [6.07, 6.45) is -2.87. The number of rotatable bonds is 7. The molecule has 0 saturated heterocycles. The van der Waals surface area contributed by atoms with Crippen LogP contribution in [0.25, 0.3) is 0 Å². The number of nitrogens with one attached hydrogen (secondary N) is 1. The summed E-state index contributed by atoms with van der Waals surface area (Å²) in [6.45, 7) is 3.46.